The second-order valence-corrected chi connectivity index (χ2v) is 6.58. The Morgan fingerprint density at radius 1 is 1.38 bits per heavy atom. The van der Waals surface area contributed by atoms with Gasteiger partial charge in [-0.05, 0) is 18.6 Å². The highest BCUT2D eigenvalue weighted by molar-refractivity contribution is 9.10. The summed E-state index contributed by atoms with van der Waals surface area (Å²) in [7, 11) is 1.63. The quantitative estimate of drug-likeness (QED) is 0.626. The van der Waals surface area contributed by atoms with Crippen molar-refractivity contribution in [2.75, 3.05) is 0 Å². The molecule has 8 heteroatoms. The van der Waals surface area contributed by atoms with E-state index in [-0.39, 0.29) is 11.3 Å². The van der Waals surface area contributed by atoms with Gasteiger partial charge in [-0.2, -0.15) is 4.98 Å². The summed E-state index contributed by atoms with van der Waals surface area (Å²) in [5, 5.41) is 2.74. The van der Waals surface area contributed by atoms with Gasteiger partial charge in [0.1, 0.15) is 0 Å². The van der Waals surface area contributed by atoms with E-state index in [2.05, 4.69) is 26.0 Å². The summed E-state index contributed by atoms with van der Waals surface area (Å²) in [5.41, 5.74) is 5.55. The van der Waals surface area contributed by atoms with Gasteiger partial charge in [0, 0.05) is 17.6 Å². The van der Waals surface area contributed by atoms with E-state index in [0.717, 1.165) is 10.0 Å². The molecule has 1 aromatic heterocycles. The fourth-order valence-electron chi connectivity index (χ4n) is 1.84. The van der Waals surface area contributed by atoms with Gasteiger partial charge < -0.3 is 5.73 Å². The smallest absolute Gasteiger partial charge is 0.327 e. The molecule has 2 rings (SSSR count). The van der Waals surface area contributed by atoms with Crippen LogP contribution >= 0.6 is 27.7 Å². The molecule has 0 amide bonds. The minimum Gasteiger partial charge on any atom is -0.327 e. The fraction of sp³-hybridized carbons (Fsp3) is 0.308. The van der Waals surface area contributed by atoms with Crippen molar-refractivity contribution in [2.45, 2.75) is 23.4 Å². The molecule has 0 spiro atoms. The Morgan fingerprint density at radius 3 is 2.67 bits per heavy atom. The van der Waals surface area contributed by atoms with Crippen LogP contribution in [0.4, 0.5) is 0 Å². The van der Waals surface area contributed by atoms with Crippen LogP contribution in [0.15, 0.2) is 43.5 Å². The zero-order chi connectivity index (χ0) is 15.6. The number of aryl methyl sites for hydroxylation is 1. The average Bonchev–Trinajstić information content (AvgIpc) is 2.42. The van der Waals surface area contributed by atoms with Crippen molar-refractivity contribution < 1.29 is 0 Å². The van der Waals surface area contributed by atoms with Gasteiger partial charge in [-0.25, -0.2) is 0 Å². The summed E-state index contributed by atoms with van der Waals surface area (Å²) in [4.78, 5) is 26.5. The first kappa shape index (κ1) is 16.0. The zero-order valence-electron chi connectivity index (χ0n) is 11.5. The summed E-state index contributed by atoms with van der Waals surface area (Å²) in [6.07, 6.45) is 0. The first-order chi connectivity index (χ1) is 9.90. The highest BCUT2D eigenvalue weighted by atomic mass is 79.9. The van der Waals surface area contributed by atoms with E-state index in [0.29, 0.717) is 5.16 Å². The highest BCUT2D eigenvalue weighted by Crippen LogP contribution is 2.38. The van der Waals surface area contributed by atoms with Gasteiger partial charge in [-0.3, -0.25) is 19.4 Å². The van der Waals surface area contributed by atoms with Gasteiger partial charge in [0.05, 0.1) is 5.25 Å². The second-order valence-electron chi connectivity index (χ2n) is 4.62. The van der Waals surface area contributed by atoms with Crippen LogP contribution in [0, 0.1) is 0 Å². The third-order valence-electron chi connectivity index (χ3n) is 2.87. The van der Waals surface area contributed by atoms with Crippen molar-refractivity contribution in [2.24, 2.45) is 12.8 Å². The minimum absolute atomic E-state index is 0.107. The maximum absolute atomic E-state index is 11.4. The van der Waals surface area contributed by atoms with Crippen LogP contribution in [-0.2, 0) is 7.05 Å². The number of H-pyrrole nitrogens is 1. The number of hydrogen-bond donors (Lipinski definition) is 2. The highest BCUT2D eigenvalue weighted by Gasteiger charge is 2.22. The minimum atomic E-state index is -0.800. The number of hydrogen-bond acceptors (Lipinski definition) is 5. The van der Waals surface area contributed by atoms with Crippen LogP contribution in [0.2, 0.25) is 0 Å². The predicted molar refractivity (Wildman–Crippen MR) is 86.5 cm³/mol. The van der Waals surface area contributed by atoms with Crippen molar-refractivity contribution in [3.05, 3.63) is 55.0 Å². The van der Waals surface area contributed by atoms with E-state index < -0.39 is 11.1 Å². The number of nitrogens with one attached hydrogen (secondary N) is 1. The van der Waals surface area contributed by atoms with E-state index in [1.807, 2.05) is 31.2 Å². The second kappa shape index (κ2) is 6.59. The number of aromatic nitrogens is 3. The Kier molecular flexibility index (Phi) is 5.02. The lowest BCUT2D eigenvalue weighted by Gasteiger charge is -2.22. The first-order valence-corrected chi connectivity index (χ1v) is 7.91. The van der Waals surface area contributed by atoms with Crippen molar-refractivity contribution in [1.82, 2.24) is 14.8 Å². The number of thioether (sulfide) groups is 1. The summed E-state index contributed by atoms with van der Waals surface area (Å²) in [6.45, 7) is 1.89. The topological polar surface area (TPSA) is 93.8 Å². The van der Waals surface area contributed by atoms with E-state index in [1.54, 1.807) is 7.05 Å². The normalized spacial score (nSPS) is 13.9. The van der Waals surface area contributed by atoms with Gasteiger partial charge in [0.25, 0.3) is 0 Å². The van der Waals surface area contributed by atoms with Gasteiger partial charge >= 0.3 is 11.1 Å². The first-order valence-electron chi connectivity index (χ1n) is 6.24. The van der Waals surface area contributed by atoms with Crippen LogP contribution < -0.4 is 16.9 Å². The lowest BCUT2D eigenvalue weighted by Crippen LogP contribution is -2.34. The molecule has 2 atom stereocenters. The molecule has 3 N–H and O–H groups in total. The molecule has 2 aromatic rings. The fourth-order valence-corrected chi connectivity index (χ4v) is 3.64. The van der Waals surface area contributed by atoms with Crippen LogP contribution in [0.5, 0.6) is 0 Å². The third-order valence-corrected chi connectivity index (χ3v) is 5.10. The SMILES string of the molecule is CC(N)C(Sc1nc(=O)c(=O)[nH]n1C)c1ccccc1Br. The zero-order valence-corrected chi connectivity index (χ0v) is 13.9. The van der Waals surface area contributed by atoms with E-state index in [4.69, 9.17) is 5.73 Å². The molecular weight excluding hydrogens is 356 g/mol. The number of benzene rings is 1. The Morgan fingerprint density at radius 2 is 2.05 bits per heavy atom. The lowest BCUT2D eigenvalue weighted by atomic mass is 10.1. The maximum atomic E-state index is 11.4. The van der Waals surface area contributed by atoms with Crippen molar-refractivity contribution in [1.29, 1.82) is 0 Å². The molecule has 2 unspecified atom stereocenters. The molecule has 0 aliphatic carbocycles. The van der Waals surface area contributed by atoms with Crippen molar-refractivity contribution >= 4 is 27.7 Å². The number of nitrogens with two attached hydrogens (primary N) is 1. The van der Waals surface area contributed by atoms with E-state index >= 15 is 0 Å². The van der Waals surface area contributed by atoms with Gasteiger partial charge in [-0.1, -0.05) is 45.9 Å². The lowest BCUT2D eigenvalue weighted by molar-refractivity contribution is 0.592. The standard InChI is InChI=1S/C13H15BrN4O2S/c1-7(15)10(8-5-3-4-6-9(8)14)21-13-16-11(19)12(20)17-18(13)2/h3-7,10H,15H2,1-2H3,(H,17,20). The van der Waals surface area contributed by atoms with Crippen molar-refractivity contribution in [3.63, 3.8) is 0 Å². The Balaban J connectivity index is 2.43. The Hall–Kier alpha value is -1.38. The number of rotatable bonds is 4. The van der Waals surface area contributed by atoms with Crippen LogP contribution in [0.25, 0.3) is 0 Å². The average molecular weight is 371 g/mol. The number of halogens is 1. The third kappa shape index (κ3) is 3.63. The molecule has 0 bridgehead atoms. The van der Waals surface area contributed by atoms with E-state index in [9.17, 15) is 9.59 Å². The van der Waals surface area contributed by atoms with Crippen LogP contribution in [-0.4, -0.2) is 20.8 Å². The summed E-state index contributed by atoms with van der Waals surface area (Å²) >= 11 is 4.85. The molecule has 0 aliphatic heterocycles. The summed E-state index contributed by atoms with van der Waals surface area (Å²) < 4.78 is 2.37. The molecule has 0 fully saturated rings. The van der Waals surface area contributed by atoms with Crippen LogP contribution in [0.3, 0.4) is 0 Å². The van der Waals surface area contributed by atoms with Gasteiger partial charge in [0.15, 0.2) is 5.16 Å². The molecule has 0 aliphatic rings. The number of aromatic amines is 1. The van der Waals surface area contributed by atoms with E-state index in [1.165, 1.54) is 16.4 Å². The Labute approximate surface area is 133 Å². The van der Waals surface area contributed by atoms with Gasteiger partial charge in [-0.15, -0.1) is 0 Å². The van der Waals surface area contributed by atoms with Gasteiger partial charge in [0.2, 0.25) is 0 Å². The molecule has 112 valence electrons. The maximum Gasteiger partial charge on any atom is 0.339 e. The molecule has 0 radical (unpaired) electrons. The molecule has 0 saturated heterocycles. The largest absolute Gasteiger partial charge is 0.339 e. The van der Waals surface area contributed by atoms with Crippen molar-refractivity contribution in [3.8, 4) is 0 Å². The molecule has 1 aromatic carbocycles. The molecule has 1 heterocycles. The predicted octanol–water partition coefficient (Wildman–Crippen LogP) is 1.41. The summed E-state index contributed by atoms with van der Waals surface area (Å²) in [6, 6.07) is 7.58. The molecular formula is C13H15BrN4O2S. The summed E-state index contributed by atoms with van der Waals surface area (Å²) in [5.74, 6) is 0. The number of nitrogens with zero attached hydrogens (tertiary/aromatic N) is 2. The monoisotopic (exact) mass is 370 g/mol. The molecule has 0 saturated carbocycles. The van der Waals surface area contributed by atoms with Crippen LogP contribution in [0.1, 0.15) is 17.7 Å². The Bertz CT molecular complexity index is 756. The molecule has 6 nitrogen and oxygen atoms in total. The molecule has 21 heavy (non-hydrogen) atoms.